The van der Waals surface area contributed by atoms with E-state index in [1.807, 2.05) is 19.9 Å². The predicted octanol–water partition coefficient (Wildman–Crippen LogP) is 6.39. The minimum absolute atomic E-state index is 0.0170. The summed E-state index contributed by atoms with van der Waals surface area (Å²) in [6.45, 7) is 15.7. The van der Waals surface area contributed by atoms with Gasteiger partial charge in [-0.2, -0.15) is 5.26 Å². The number of carbonyl (C=O) groups excluding carboxylic acids is 3. The fraction of sp³-hybridized carbons (Fsp3) is 0.818. The number of nitriles is 1. The van der Waals surface area contributed by atoms with Crippen LogP contribution in [0, 0.1) is 67.5 Å². The standard InChI is InChI=1S/C33H46N2O4/c1-27(2)11-13-33(35-26(38)39-8)14-12-30(6)24(19(33)16-27)20(36)15-22-29(30,5)10-9-21-28(3,4)25(37)32(18-34)17-23(32)31(21,22)7/h15,19,21,23-24H,9-14,16-17H2,1-8H3,(H,35,38)/t19?,21-,23+,24?,29+,30+,31-,32-,33-/m0/s1. The summed E-state index contributed by atoms with van der Waals surface area (Å²) in [5, 5.41) is 13.5. The molecule has 0 aliphatic heterocycles. The summed E-state index contributed by atoms with van der Waals surface area (Å²) in [4.78, 5) is 40.8. The molecular weight excluding hydrogens is 488 g/mol. The third kappa shape index (κ3) is 3.01. The normalized spacial score (nSPS) is 50.5. The van der Waals surface area contributed by atoms with Gasteiger partial charge in [-0.1, -0.05) is 54.0 Å². The van der Waals surface area contributed by atoms with Crippen molar-refractivity contribution in [3.05, 3.63) is 11.6 Å². The van der Waals surface area contributed by atoms with Gasteiger partial charge >= 0.3 is 6.09 Å². The maximum absolute atomic E-state index is 14.6. The molecule has 0 spiro atoms. The van der Waals surface area contributed by atoms with Crippen molar-refractivity contribution in [2.45, 2.75) is 105 Å². The van der Waals surface area contributed by atoms with Gasteiger partial charge in [-0.25, -0.2) is 4.79 Å². The molecule has 0 heterocycles. The van der Waals surface area contributed by atoms with E-state index in [2.05, 4.69) is 46.0 Å². The second-order valence-corrected chi connectivity index (χ2v) is 16.2. The molecular formula is C33H46N2O4. The van der Waals surface area contributed by atoms with Crippen LogP contribution in [0.15, 0.2) is 11.6 Å². The maximum atomic E-state index is 14.6. The Kier molecular flexibility index (Phi) is 5.24. The Morgan fingerprint density at radius 3 is 2.28 bits per heavy atom. The van der Waals surface area contributed by atoms with Crippen LogP contribution in [0.5, 0.6) is 0 Å². The van der Waals surface area contributed by atoms with Gasteiger partial charge in [0.05, 0.1) is 13.2 Å². The fourth-order valence-electron chi connectivity index (χ4n) is 11.5. The summed E-state index contributed by atoms with van der Waals surface area (Å²) in [5.41, 5.74) is -1.47. The molecule has 9 atom stereocenters. The largest absolute Gasteiger partial charge is 0.453 e. The first kappa shape index (κ1) is 27.0. The number of rotatable bonds is 1. The lowest BCUT2D eigenvalue weighted by Gasteiger charge is -2.70. The summed E-state index contributed by atoms with van der Waals surface area (Å²) < 4.78 is 5.08. The lowest BCUT2D eigenvalue weighted by molar-refractivity contribution is -0.168. The summed E-state index contributed by atoms with van der Waals surface area (Å²) in [6.07, 6.45) is 8.51. The molecule has 39 heavy (non-hydrogen) atoms. The molecule has 0 radical (unpaired) electrons. The first-order valence-corrected chi connectivity index (χ1v) is 15.1. The molecule has 0 aromatic heterocycles. The maximum Gasteiger partial charge on any atom is 0.407 e. The van der Waals surface area contributed by atoms with Gasteiger partial charge < -0.3 is 10.1 Å². The molecule has 1 amide bonds. The van der Waals surface area contributed by atoms with Crippen molar-refractivity contribution in [3.63, 3.8) is 0 Å². The second-order valence-electron chi connectivity index (χ2n) is 16.2. The SMILES string of the molecule is COC(=O)N[C@]12CCC(C)(C)CC1C1C(=O)C=C3[C@@]4(C)[C@H]5C[C@@]5(C#N)C(=O)C(C)(C)[C@@H]4CC[C@@]3(C)[C@]1(C)CC2. The number of carbonyl (C=O) groups is 3. The van der Waals surface area contributed by atoms with Crippen LogP contribution in [0.2, 0.25) is 0 Å². The molecule has 5 saturated carbocycles. The monoisotopic (exact) mass is 534 g/mol. The van der Waals surface area contributed by atoms with E-state index < -0.39 is 22.5 Å². The number of amides is 1. The van der Waals surface area contributed by atoms with Crippen molar-refractivity contribution >= 4 is 17.7 Å². The van der Waals surface area contributed by atoms with Crippen LogP contribution < -0.4 is 5.32 Å². The molecule has 2 unspecified atom stereocenters. The number of allylic oxidation sites excluding steroid dienone is 2. The Bertz CT molecular complexity index is 1260. The number of Topliss-reactive ketones (excluding diaryl/α,β-unsaturated/α-hetero) is 1. The van der Waals surface area contributed by atoms with Crippen LogP contribution in [-0.4, -0.2) is 30.3 Å². The smallest absolute Gasteiger partial charge is 0.407 e. The zero-order chi connectivity index (χ0) is 28.6. The van der Waals surface area contributed by atoms with Crippen LogP contribution >= 0.6 is 0 Å². The van der Waals surface area contributed by atoms with E-state index in [-0.39, 0.29) is 56.9 Å². The zero-order valence-electron chi connectivity index (χ0n) is 25.1. The van der Waals surface area contributed by atoms with Gasteiger partial charge in [-0.05, 0) is 96.9 Å². The topological polar surface area (TPSA) is 96.3 Å². The third-order valence-corrected chi connectivity index (χ3v) is 13.9. The Labute approximate surface area is 233 Å². The highest BCUT2D eigenvalue weighted by Crippen LogP contribution is 2.81. The van der Waals surface area contributed by atoms with Gasteiger partial charge in [-0.15, -0.1) is 0 Å². The summed E-state index contributed by atoms with van der Waals surface area (Å²) in [5.74, 6) is 0.252. The molecule has 6 heteroatoms. The first-order valence-electron chi connectivity index (χ1n) is 15.1. The van der Waals surface area contributed by atoms with Crippen LogP contribution in [0.1, 0.15) is 99.8 Å². The van der Waals surface area contributed by atoms with Gasteiger partial charge in [0.15, 0.2) is 11.6 Å². The third-order valence-electron chi connectivity index (χ3n) is 13.9. The Hall–Kier alpha value is -2.16. The first-order chi connectivity index (χ1) is 18.0. The average Bonchev–Trinajstić information content (AvgIpc) is 3.62. The minimum atomic E-state index is -0.909. The van der Waals surface area contributed by atoms with Crippen molar-refractivity contribution < 1.29 is 19.1 Å². The average molecular weight is 535 g/mol. The van der Waals surface area contributed by atoms with E-state index in [4.69, 9.17) is 4.74 Å². The summed E-state index contributed by atoms with van der Waals surface area (Å²) in [6, 6.07) is 2.46. The Balaban J connectivity index is 1.50. The van der Waals surface area contributed by atoms with Crippen molar-refractivity contribution in [3.8, 4) is 6.07 Å². The number of hydrogen-bond donors (Lipinski definition) is 1. The van der Waals surface area contributed by atoms with Crippen molar-refractivity contribution in [1.29, 1.82) is 5.26 Å². The zero-order valence-corrected chi connectivity index (χ0v) is 25.1. The number of alkyl carbamates (subject to hydrolysis) is 1. The Morgan fingerprint density at radius 1 is 0.974 bits per heavy atom. The van der Waals surface area contributed by atoms with E-state index in [0.29, 0.717) is 6.42 Å². The molecule has 6 aliphatic carbocycles. The Morgan fingerprint density at radius 2 is 1.64 bits per heavy atom. The van der Waals surface area contributed by atoms with Crippen LogP contribution in [0.25, 0.3) is 0 Å². The van der Waals surface area contributed by atoms with E-state index in [1.54, 1.807) is 0 Å². The molecule has 5 fully saturated rings. The molecule has 6 aliphatic rings. The summed E-state index contributed by atoms with van der Waals surface area (Å²) >= 11 is 0. The number of hydrogen-bond acceptors (Lipinski definition) is 5. The molecule has 0 bridgehead atoms. The fourth-order valence-corrected chi connectivity index (χ4v) is 11.5. The van der Waals surface area contributed by atoms with Crippen molar-refractivity contribution in [1.82, 2.24) is 5.32 Å². The van der Waals surface area contributed by atoms with Crippen LogP contribution in [-0.2, 0) is 14.3 Å². The van der Waals surface area contributed by atoms with Gasteiger partial charge in [0.1, 0.15) is 5.41 Å². The molecule has 6 rings (SSSR count). The highest BCUT2D eigenvalue weighted by molar-refractivity contribution is 5.99. The van der Waals surface area contributed by atoms with E-state index >= 15 is 0 Å². The molecule has 212 valence electrons. The molecule has 0 aromatic rings. The number of ketones is 2. The second kappa shape index (κ2) is 7.56. The number of ether oxygens (including phenoxy) is 1. The number of nitrogens with zero attached hydrogens (tertiary/aromatic N) is 1. The van der Waals surface area contributed by atoms with E-state index in [0.717, 1.165) is 44.9 Å². The lowest BCUT2D eigenvalue weighted by Crippen LogP contribution is -2.70. The molecule has 1 N–H and O–H groups in total. The number of fused-ring (bicyclic) bond motifs is 9. The minimum Gasteiger partial charge on any atom is -0.453 e. The quantitative estimate of drug-likeness (QED) is 0.420. The van der Waals surface area contributed by atoms with E-state index in [1.165, 1.54) is 12.7 Å². The highest BCUT2D eigenvalue weighted by atomic mass is 16.5. The summed E-state index contributed by atoms with van der Waals surface area (Å²) in [7, 11) is 1.41. The van der Waals surface area contributed by atoms with Crippen molar-refractivity contribution in [2.75, 3.05) is 7.11 Å². The van der Waals surface area contributed by atoms with Gasteiger partial charge in [0.25, 0.3) is 0 Å². The van der Waals surface area contributed by atoms with Crippen molar-refractivity contribution in [2.24, 2.45) is 56.2 Å². The predicted molar refractivity (Wildman–Crippen MR) is 147 cm³/mol. The molecule has 0 saturated heterocycles. The highest BCUT2D eigenvalue weighted by Gasteiger charge is 2.80. The van der Waals surface area contributed by atoms with Gasteiger partial charge in [-0.3, -0.25) is 9.59 Å². The lowest BCUT2D eigenvalue weighted by atomic mass is 9.34. The van der Waals surface area contributed by atoms with Crippen LogP contribution in [0.4, 0.5) is 4.79 Å². The molecule has 0 aromatic carbocycles. The van der Waals surface area contributed by atoms with Gasteiger partial charge in [0, 0.05) is 16.9 Å². The van der Waals surface area contributed by atoms with E-state index in [9.17, 15) is 19.6 Å². The number of nitrogens with one attached hydrogen (secondary N) is 1. The van der Waals surface area contributed by atoms with Gasteiger partial charge in [0.2, 0.25) is 0 Å². The number of methoxy groups -OCH3 is 1. The van der Waals surface area contributed by atoms with Crippen LogP contribution in [0.3, 0.4) is 0 Å². The molecule has 6 nitrogen and oxygen atoms in total.